The number of imidazole rings is 1. The molecule has 1 aromatic carbocycles. The van der Waals surface area contributed by atoms with E-state index < -0.39 is 0 Å². The molecule has 2 heterocycles. The van der Waals surface area contributed by atoms with Gasteiger partial charge in [-0.1, -0.05) is 38.1 Å². The van der Waals surface area contributed by atoms with E-state index >= 15 is 0 Å². The van der Waals surface area contributed by atoms with Gasteiger partial charge in [-0.05, 0) is 37.3 Å². The number of benzene rings is 1. The van der Waals surface area contributed by atoms with Crippen molar-refractivity contribution in [2.24, 2.45) is 17.8 Å². The molecule has 3 atom stereocenters. The normalized spacial score (nSPS) is 22.0. The van der Waals surface area contributed by atoms with Crippen LogP contribution in [-0.4, -0.2) is 39.1 Å². The minimum atomic E-state index is -0.255. The predicted octanol–water partition coefficient (Wildman–Crippen LogP) is 3.11. The summed E-state index contributed by atoms with van der Waals surface area (Å²) in [6.45, 7) is 4.32. The van der Waals surface area contributed by atoms with Crippen LogP contribution in [-0.2, 0) is 14.4 Å². The summed E-state index contributed by atoms with van der Waals surface area (Å²) in [6, 6.07) is 7.51. The molecule has 0 radical (unpaired) electrons. The summed E-state index contributed by atoms with van der Waals surface area (Å²) >= 11 is 0. The lowest BCUT2D eigenvalue weighted by molar-refractivity contribution is -0.140. The average Bonchev–Trinajstić information content (AvgIpc) is 3.26. The van der Waals surface area contributed by atoms with E-state index in [4.69, 9.17) is 0 Å². The van der Waals surface area contributed by atoms with Gasteiger partial charge in [-0.2, -0.15) is 0 Å². The molecule has 0 saturated carbocycles. The van der Waals surface area contributed by atoms with Crippen LogP contribution in [0.25, 0.3) is 11.0 Å². The van der Waals surface area contributed by atoms with E-state index in [1.165, 1.54) is 4.90 Å². The number of para-hydroxylation sites is 2. The molecule has 1 aliphatic heterocycles. The van der Waals surface area contributed by atoms with Crippen molar-refractivity contribution in [1.29, 1.82) is 0 Å². The van der Waals surface area contributed by atoms with Gasteiger partial charge in [0.2, 0.25) is 17.7 Å². The van der Waals surface area contributed by atoms with Crippen LogP contribution >= 0.6 is 0 Å². The first-order valence-corrected chi connectivity index (χ1v) is 10.7. The minimum Gasteiger partial charge on any atom is -0.346 e. The van der Waals surface area contributed by atoms with Gasteiger partial charge in [0.05, 0.1) is 28.9 Å². The number of fused-ring (bicyclic) bond motifs is 2. The molecule has 2 aromatic rings. The van der Waals surface area contributed by atoms with Crippen LogP contribution in [0.15, 0.2) is 36.4 Å². The fraction of sp³-hybridized carbons (Fsp3) is 0.478. The molecule has 4 rings (SSSR count). The summed E-state index contributed by atoms with van der Waals surface area (Å²) in [7, 11) is 0. The first-order chi connectivity index (χ1) is 14.4. The Hall–Kier alpha value is -2.96. The maximum absolute atomic E-state index is 12.7. The lowest BCUT2D eigenvalue weighted by Gasteiger charge is -2.20. The van der Waals surface area contributed by atoms with Gasteiger partial charge >= 0.3 is 0 Å². The second-order valence-corrected chi connectivity index (χ2v) is 8.62. The first kappa shape index (κ1) is 20.3. The molecule has 30 heavy (non-hydrogen) atoms. The zero-order chi connectivity index (χ0) is 21.3. The van der Waals surface area contributed by atoms with Crippen molar-refractivity contribution >= 4 is 28.8 Å². The van der Waals surface area contributed by atoms with E-state index in [2.05, 4.69) is 29.1 Å². The first-order valence-electron chi connectivity index (χ1n) is 10.7. The molecule has 0 spiro atoms. The summed E-state index contributed by atoms with van der Waals surface area (Å²) in [5.41, 5.74) is 1.79. The van der Waals surface area contributed by atoms with Gasteiger partial charge in [0, 0.05) is 13.0 Å². The Kier molecular flexibility index (Phi) is 5.70. The molecular weight excluding hydrogens is 380 g/mol. The molecule has 7 heteroatoms. The van der Waals surface area contributed by atoms with Gasteiger partial charge in [-0.3, -0.25) is 19.3 Å². The number of aromatic nitrogens is 2. The number of rotatable bonds is 7. The smallest absolute Gasteiger partial charge is 0.233 e. The van der Waals surface area contributed by atoms with Crippen LogP contribution in [0.1, 0.15) is 51.4 Å². The molecule has 1 aliphatic carbocycles. The standard InChI is InChI=1S/C23H28N4O3/c1-14(2)13-19(21-25-17-9-5-6-10-18(17)26-21)24-20(28)11-12-27-22(29)15-7-3-4-8-16(15)23(27)30/h3-6,9-10,14-16,19H,7-8,11-13H2,1-2H3,(H,24,28)(H,25,26)/t15-,16+,19-/m0/s1. The number of nitrogens with one attached hydrogen (secondary N) is 2. The summed E-state index contributed by atoms with van der Waals surface area (Å²) in [4.78, 5) is 47.1. The number of hydrogen-bond acceptors (Lipinski definition) is 4. The van der Waals surface area contributed by atoms with E-state index in [-0.39, 0.29) is 48.6 Å². The molecule has 0 bridgehead atoms. The number of imide groups is 1. The largest absolute Gasteiger partial charge is 0.346 e. The quantitative estimate of drug-likeness (QED) is 0.544. The highest BCUT2D eigenvalue weighted by molar-refractivity contribution is 6.05. The third kappa shape index (κ3) is 4.01. The van der Waals surface area contributed by atoms with Gasteiger partial charge in [0.15, 0.2) is 0 Å². The van der Waals surface area contributed by atoms with Crippen LogP contribution in [0.2, 0.25) is 0 Å². The van der Waals surface area contributed by atoms with E-state index in [1.807, 2.05) is 36.4 Å². The number of carbonyl (C=O) groups is 3. The summed E-state index contributed by atoms with van der Waals surface area (Å²) in [6.07, 6.45) is 5.99. The van der Waals surface area contributed by atoms with Crippen molar-refractivity contribution < 1.29 is 14.4 Å². The molecule has 158 valence electrons. The molecule has 0 unspecified atom stereocenters. The Labute approximate surface area is 175 Å². The van der Waals surface area contributed by atoms with E-state index in [0.717, 1.165) is 23.3 Å². The van der Waals surface area contributed by atoms with Gasteiger partial charge in [0.25, 0.3) is 0 Å². The molecule has 1 fully saturated rings. The zero-order valence-corrected chi connectivity index (χ0v) is 17.4. The van der Waals surface area contributed by atoms with Crippen molar-refractivity contribution in [3.8, 4) is 0 Å². The van der Waals surface area contributed by atoms with Gasteiger partial charge in [-0.25, -0.2) is 4.98 Å². The zero-order valence-electron chi connectivity index (χ0n) is 17.4. The highest BCUT2D eigenvalue weighted by atomic mass is 16.2. The van der Waals surface area contributed by atoms with E-state index in [9.17, 15) is 14.4 Å². The molecule has 1 aromatic heterocycles. The van der Waals surface area contributed by atoms with E-state index in [1.54, 1.807) is 0 Å². The van der Waals surface area contributed by atoms with Crippen molar-refractivity contribution in [3.05, 3.63) is 42.2 Å². The number of H-pyrrole nitrogens is 1. The van der Waals surface area contributed by atoms with Gasteiger partial charge < -0.3 is 10.3 Å². The van der Waals surface area contributed by atoms with Crippen molar-refractivity contribution in [3.63, 3.8) is 0 Å². The predicted molar refractivity (Wildman–Crippen MR) is 113 cm³/mol. The SMILES string of the molecule is CC(C)C[C@H](NC(=O)CCN1C(=O)[C@H]2CC=CC[C@H]2C1=O)c1nc2ccccc2[nH]1. The molecular formula is C23H28N4O3. The second kappa shape index (κ2) is 8.42. The molecule has 2 N–H and O–H groups in total. The third-order valence-electron chi connectivity index (χ3n) is 5.94. The van der Waals surface area contributed by atoms with Crippen molar-refractivity contribution in [1.82, 2.24) is 20.2 Å². The summed E-state index contributed by atoms with van der Waals surface area (Å²) in [5.74, 6) is 0.111. The summed E-state index contributed by atoms with van der Waals surface area (Å²) in [5, 5.41) is 3.05. The van der Waals surface area contributed by atoms with Gasteiger partial charge in [0.1, 0.15) is 5.82 Å². The molecule has 1 saturated heterocycles. The lowest BCUT2D eigenvalue weighted by atomic mass is 9.85. The van der Waals surface area contributed by atoms with Gasteiger partial charge in [-0.15, -0.1) is 0 Å². The number of nitrogens with zero attached hydrogens (tertiary/aromatic N) is 2. The number of allylic oxidation sites excluding steroid dienone is 2. The molecule has 2 aliphatic rings. The van der Waals surface area contributed by atoms with Crippen LogP contribution in [0.3, 0.4) is 0 Å². The topological polar surface area (TPSA) is 95.2 Å². The van der Waals surface area contributed by atoms with Crippen LogP contribution < -0.4 is 5.32 Å². The van der Waals surface area contributed by atoms with Crippen molar-refractivity contribution in [2.45, 2.75) is 45.6 Å². The Balaban J connectivity index is 1.40. The fourth-order valence-corrected chi connectivity index (χ4v) is 4.42. The number of amides is 3. The monoisotopic (exact) mass is 408 g/mol. The number of carbonyl (C=O) groups excluding carboxylic acids is 3. The maximum atomic E-state index is 12.7. The lowest BCUT2D eigenvalue weighted by Crippen LogP contribution is -2.37. The highest BCUT2D eigenvalue weighted by Crippen LogP contribution is 2.35. The number of aromatic amines is 1. The minimum absolute atomic E-state index is 0.0964. The Bertz CT molecular complexity index is 934. The molecule has 7 nitrogen and oxygen atoms in total. The highest BCUT2D eigenvalue weighted by Gasteiger charge is 2.46. The van der Waals surface area contributed by atoms with Crippen LogP contribution in [0, 0.1) is 17.8 Å². The maximum Gasteiger partial charge on any atom is 0.233 e. The second-order valence-electron chi connectivity index (χ2n) is 8.62. The Morgan fingerprint density at radius 3 is 2.47 bits per heavy atom. The number of likely N-dealkylation sites (tertiary alicyclic amines) is 1. The van der Waals surface area contributed by atoms with E-state index in [0.29, 0.717) is 18.8 Å². The Morgan fingerprint density at radius 1 is 1.17 bits per heavy atom. The Morgan fingerprint density at radius 2 is 1.83 bits per heavy atom. The number of hydrogen-bond donors (Lipinski definition) is 2. The summed E-state index contributed by atoms with van der Waals surface area (Å²) < 4.78 is 0. The van der Waals surface area contributed by atoms with Crippen LogP contribution in [0.5, 0.6) is 0 Å². The third-order valence-corrected chi connectivity index (χ3v) is 5.94. The van der Waals surface area contributed by atoms with Crippen molar-refractivity contribution in [2.75, 3.05) is 6.54 Å². The van der Waals surface area contributed by atoms with Crippen LogP contribution in [0.4, 0.5) is 0 Å². The molecule has 3 amide bonds. The average molecular weight is 409 g/mol. The fourth-order valence-electron chi connectivity index (χ4n) is 4.42.